The van der Waals surface area contributed by atoms with E-state index in [9.17, 15) is 9.59 Å². The van der Waals surface area contributed by atoms with E-state index < -0.39 is 12.1 Å². The molecule has 0 saturated carbocycles. The van der Waals surface area contributed by atoms with Crippen molar-refractivity contribution in [3.8, 4) is 5.75 Å². The van der Waals surface area contributed by atoms with E-state index >= 15 is 0 Å². The van der Waals surface area contributed by atoms with Crippen LogP contribution < -0.4 is 9.64 Å². The highest BCUT2D eigenvalue weighted by Crippen LogP contribution is 2.17. The molecule has 0 radical (unpaired) electrons. The first-order valence-corrected chi connectivity index (χ1v) is 10.6. The fraction of sp³-hybridized carbons (Fsp3) is 0.417. The highest BCUT2D eigenvalue weighted by atomic mass is 16.5. The van der Waals surface area contributed by atoms with Crippen molar-refractivity contribution < 1.29 is 19.1 Å². The van der Waals surface area contributed by atoms with Crippen LogP contribution in [0.1, 0.15) is 37.0 Å². The van der Waals surface area contributed by atoms with Crippen LogP contribution in [0.15, 0.2) is 54.6 Å². The Morgan fingerprint density at radius 3 is 2.27 bits per heavy atom. The number of ether oxygens (including phenoxy) is 2. The predicted molar refractivity (Wildman–Crippen MR) is 117 cm³/mol. The molecule has 3 rings (SSSR count). The van der Waals surface area contributed by atoms with Crippen LogP contribution in [-0.4, -0.2) is 55.7 Å². The molecule has 1 aliphatic rings. The third kappa shape index (κ3) is 5.75. The van der Waals surface area contributed by atoms with Crippen LogP contribution in [0.25, 0.3) is 0 Å². The lowest BCUT2D eigenvalue weighted by Gasteiger charge is -2.37. The van der Waals surface area contributed by atoms with E-state index in [0.29, 0.717) is 25.3 Å². The molecule has 1 fully saturated rings. The zero-order valence-electron chi connectivity index (χ0n) is 17.8. The average Bonchev–Trinajstić information content (AvgIpc) is 2.80. The van der Waals surface area contributed by atoms with Crippen molar-refractivity contribution in [1.29, 1.82) is 0 Å². The molecule has 30 heavy (non-hydrogen) atoms. The van der Waals surface area contributed by atoms with Crippen molar-refractivity contribution in [2.75, 3.05) is 37.7 Å². The molecular weight excluding hydrogens is 380 g/mol. The van der Waals surface area contributed by atoms with Gasteiger partial charge in [0.05, 0.1) is 12.2 Å². The second-order valence-electron chi connectivity index (χ2n) is 7.42. The number of unbranched alkanes of at least 4 members (excludes halogenated alkanes) is 1. The minimum absolute atomic E-state index is 0.157. The quantitative estimate of drug-likeness (QED) is 0.490. The Kier molecular flexibility index (Phi) is 7.71. The summed E-state index contributed by atoms with van der Waals surface area (Å²) in [7, 11) is 0. The minimum atomic E-state index is -0.818. The molecule has 6 heteroatoms. The third-order valence-electron chi connectivity index (χ3n) is 5.20. The number of amides is 1. The SMILES string of the molecule is CCCCOc1ccc(C(=O)OC(C)C(=O)N2CCN(c3ccccc3)CC2)cc1. The largest absolute Gasteiger partial charge is 0.494 e. The van der Waals surface area contributed by atoms with Crippen molar-refractivity contribution in [3.63, 3.8) is 0 Å². The molecule has 0 spiro atoms. The lowest BCUT2D eigenvalue weighted by atomic mass is 10.2. The zero-order valence-corrected chi connectivity index (χ0v) is 17.8. The van der Waals surface area contributed by atoms with Crippen LogP contribution in [0.5, 0.6) is 5.75 Å². The maximum absolute atomic E-state index is 12.7. The molecule has 1 unspecified atom stereocenters. The average molecular weight is 411 g/mol. The van der Waals surface area contributed by atoms with Gasteiger partial charge in [-0.15, -0.1) is 0 Å². The summed E-state index contributed by atoms with van der Waals surface area (Å²) in [4.78, 5) is 29.1. The van der Waals surface area contributed by atoms with Crippen molar-refractivity contribution in [2.24, 2.45) is 0 Å². The summed E-state index contributed by atoms with van der Waals surface area (Å²) >= 11 is 0. The fourth-order valence-corrected chi connectivity index (χ4v) is 3.38. The van der Waals surface area contributed by atoms with Crippen molar-refractivity contribution in [1.82, 2.24) is 4.90 Å². The molecule has 6 nitrogen and oxygen atoms in total. The molecule has 2 aromatic carbocycles. The van der Waals surface area contributed by atoms with Crippen LogP contribution in [-0.2, 0) is 9.53 Å². The van der Waals surface area contributed by atoms with Gasteiger partial charge in [-0.2, -0.15) is 0 Å². The van der Waals surface area contributed by atoms with Crippen LogP contribution in [0, 0.1) is 0 Å². The Morgan fingerprint density at radius 2 is 1.63 bits per heavy atom. The Morgan fingerprint density at radius 1 is 0.967 bits per heavy atom. The number of hydrogen-bond donors (Lipinski definition) is 0. The van der Waals surface area contributed by atoms with Gasteiger partial charge in [-0.05, 0) is 49.7 Å². The van der Waals surface area contributed by atoms with E-state index in [1.165, 1.54) is 0 Å². The summed E-state index contributed by atoms with van der Waals surface area (Å²) in [6.45, 7) is 7.13. The molecule has 0 bridgehead atoms. The second-order valence-corrected chi connectivity index (χ2v) is 7.42. The number of nitrogens with zero attached hydrogens (tertiary/aromatic N) is 2. The Labute approximate surface area is 178 Å². The normalized spacial score (nSPS) is 14.9. The van der Waals surface area contributed by atoms with Crippen LogP contribution >= 0.6 is 0 Å². The molecule has 0 N–H and O–H groups in total. The van der Waals surface area contributed by atoms with E-state index in [4.69, 9.17) is 9.47 Å². The lowest BCUT2D eigenvalue weighted by molar-refractivity contribution is -0.140. The van der Waals surface area contributed by atoms with Gasteiger partial charge in [-0.3, -0.25) is 4.79 Å². The third-order valence-corrected chi connectivity index (χ3v) is 5.20. The maximum Gasteiger partial charge on any atom is 0.338 e. The molecule has 1 atom stereocenters. The molecule has 1 heterocycles. The number of para-hydroxylation sites is 1. The van der Waals surface area contributed by atoms with Gasteiger partial charge in [0.15, 0.2) is 6.10 Å². The summed E-state index contributed by atoms with van der Waals surface area (Å²) < 4.78 is 11.0. The Balaban J connectivity index is 1.47. The monoisotopic (exact) mass is 410 g/mol. The molecule has 0 aliphatic carbocycles. The first kappa shape index (κ1) is 21.7. The number of carbonyl (C=O) groups is 2. The van der Waals surface area contributed by atoms with Crippen molar-refractivity contribution in [2.45, 2.75) is 32.8 Å². The summed E-state index contributed by atoms with van der Waals surface area (Å²) in [5.41, 5.74) is 1.57. The van der Waals surface area contributed by atoms with Gasteiger partial charge in [0.25, 0.3) is 5.91 Å². The molecule has 1 amide bonds. The smallest absolute Gasteiger partial charge is 0.338 e. The Hall–Kier alpha value is -3.02. The summed E-state index contributed by atoms with van der Waals surface area (Å²) in [6, 6.07) is 17.0. The summed E-state index contributed by atoms with van der Waals surface area (Å²) in [6.07, 6.45) is 1.24. The molecule has 1 aliphatic heterocycles. The van der Waals surface area contributed by atoms with Gasteiger partial charge in [0.2, 0.25) is 0 Å². The first-order chi connectivity index (χ1) is 14.6. The van der Waals surface area contributed by atoms with Gasteiger partial charge in [-0.1, -0.05) is 31.5 Å². The molecule has 1 saturated heterocycles. The van der Waals surface area contributed by atoms with E-state index in [1.54, 1.807) is 36.1 Å². The number of carbonyl (C=O) groups excluding carboxylic acids is 2. The van der Waals surface area contributed by atoms with Crippen molar-refractivity contribution >= 4 is 17.6 Å². The molecular formula is C24H30N2O4. The predicted octanol–water partition coefficient (Wildman–Crippen LogP) is 3.76. The number of anilines is 1. The second kappa shape index (κ2) is 10.7. The number of benzene rings is 2. The van der Waals surface area contributed by atoms with E-state index in [1.807, 2.05) is 18.2 Å². The van der Waals surface area contributed by atoms with E-state index in [-0.39, 0.29) is 5.91 Å². The summed E-state index contributed by atoms with van der Waals surface area (Å²) in [5, 5.41) is 0. The molecule has 2 aromatic rings. The highest BCUT2D eigenvalue weighted by Gasteiger charge is 2.27. The van der Waals surface area contributed by atoms with Crippen LogP contribution in [0.3, 0.4) is 0 Å². The zero-order chi connectivity index (χ0) is 21.3. The lowest BCUT2D eigenvalue weighted by Crippen LogP contribution is -2.51. The van der Waals surface area contributed by atoms with Crippen molar-refractivity contribution in [3.05, 3.63) is 60.2 Å². The standard InChI is InChI=1S/C24H30N2O4/c1-3-4-18-29-22-12-10-20(11-13-22)24(28)30-19(2)23(27)26-16-14-25(15-17-26)21-8-6-5-7-9-21/h5-13,19H,3-4,14-18H2,1-2H3. The number of piperazine rings is 1. The van der Waals surface area contributed by atoms with Gasteiger partial charge in [0.1, 0.15) is 5.75 Å². The van der Waals surface area contributed by atoms with Crippen LogP contribution in [0.2, 0.25) is 0 Å². The first-order valence-electron chi connectivity index (χ1n) is 10.6. The van der Waals surface area contributed by atoms with E-state index in [0.717, 1.165) is 37.4 Å². The van der Waals surface area contributed by atoms with Gasteiger partial charge >= 0.3 is 5.97 Å². The van der Waals surface area contributed by atoms with Gasteiger partial charge in [0, 0.05) is 31.9 Å². The van der Waals surface area contributed by atoms with Crippen LogP contribution in [0.4, 0.5) is 5.69 Å². The maximum atomic E-state index is 12.7. The number of esters is 1. The molecule has 160 valence electrons. The Bertz CT molecular complexity index is 815. The topological polar surface area (TPSA) is 59.1 Å². The fourth-order valence-electron chi connectivity index (χ4n) is 3.38. The summed E-state index contributed by atoms with van der Waals surface area (Å²) in [5.74, 6) is 0.0647. The number of hydrogen-bond acceptors (Lipinski definition) is 5. The highest BCUT2D eigenvalue weighted by molar-refractivity contribution is 5.92. The minimum Gasteiger partial charge on any atom is -0.494 e. The number of rotatable bonds is 8. The molecule has 0 aromatic heterocycles. The van der Waals surface area contributed by atoms with Gasteiger partial charge < -0.3 is 19.3 Å². The van der Waals surface area contributed by atoms with E-state index in [2.05, 4.69) is 24.0 Å². The van der Waals surface area contributed by atoms with Gasteiger partial charge in [-0.25, -0.2) is 4.79 Å².